The molecule has 0 amide bonds. The van der Waals surface area contributed by atoms with Gasteiger partial charge in [0, 0.05) is 12.8 Å². The molecule has 0 aromatic carbocycles. The second kappa shape index (κ2) is 16.0. The van der Waals surface area contributed by atoms with Gasteiger partial charge in [-0.15, -0.1) is 6.58 Å². The second-order valence-electron chi connectivity index (χ2n) is 2.48. The first-order valence-electron chi connectivity index (χ1n) is 4.70. The lowest BCUT2D eigenvalue weighted by Crippen LogP contribution is -2.05. The normalized spacial score (nSPS) is 9.75. The smallest absolute Gasteiger partial charge is 0.303 e. The number of rotatable bonds is 4. The van der Waals surface area contributed by atoms with Crippen LogP contribution >= 0.6 is 0 Å². The van der Waals surface area contributed by atoms with Crippen LogP contribution in [0.15, 0.2) is 12.7 Å². The van der Waals surface area contributed by atoms with Crippen molar-refractivity contribution in [1.29, 1.82) is 0 Å². The molecule has 0 heterocycles. The van der Waals surface area contributed by atoms with Gasteiger partial charge in [-0.05, 0) is 0 Å². The molecular weight excluding hydrogens is 216 g/mol. The maximum absolute atomic E-state index is 9.37. The molecule has 0 aromatic rings. The Balaban J connectivity index is -0.000000160. The molecule has 6 heteroatoms. The number of aliphatic hydroxyl groups is 2. The summed E-state index contributed by atoms with van der Waals surface area (Å²) >= 11 is 0. The summed E-state index contributed by atoms with van der Waals surface area (Å²) in [5.41, 5.74) is 0. The number of carboxylic acid groups (broad SMARTS) is 2. The van der Waals surface area contributed by atoms with E-state index in [1.165, 1.54) is 6.08 Å². The van der Waals surface area contributed by atoms with Crippen LogP contribution in [0.5, 0.6) is 0 Å². The van der Waals surface area contributed by atoms with Crippen LogP contribution in [0.4, 0.5) is 0 Å². The molecule has 0 fully saturated rings. The number of hydrogen-bond acceptors (Lipinski definition) is 4. The first-order chi connectivity index (χ1) is 7.35. The molecule has 0 aliphatic heterocycles. The minimum atomic E-state index is -0.745. The Kier molecular flexibility index (Phi) is 20.1. The molecule has 0 saturated carbocycles. The van der Waals surface area contributed by atoms with E-state index in [4.69, 9.17) is 20.4 Å². The molecule has 0 radical (unpaired) electrons. The molecule has 0 aliphatic carbocycles. The molecule has 0 rings (SSSR count). The fourth-order valence-corrected chi connectivity index (χ4v) is 0.0745. The van der Waals surface area contributed by atoms with Gasteiger partial charge in [0.15, 0.2) is 0 Å². The van der Waals surface area contributed by atoms with Gasteiger partial charge in [0.2, 0.25) is 0 Å². The summed E-state index contributed by atoms with van der Waals surface area (Å²) in [6, 6.07) is 0. The van der Waals surface area contributed by atoms with Crippen LogP contribution in [-0.2, 0) is 9.59 Å². The minimum absolute atomic E-state index is 0.222. The fraction of sp³-hybridized carbons (Fsp3) is 0.600. The largest absolute Gasteiger partial charge is 0.481 e. The van der Waals surface area contributed by atoms with Gasteiger partial charge >= 0.3 is 11.9 Å². The Morgan fingerprint density at radius 3 is 1.44 bits per heavy atom. The quantitative estimate of drug-likeness (QED) is 0.528. The summed E-state index contributed by atoms with van der Waals surface area (Å²) in [5, 5.41) is 31.8. The van der Waals surface area contributed by atoms with Crippen molar-refractivity contribution >= 4 is 11.9 Å². The molecule has 4 N–H and O–H groups in total. The van der Waals surface area contributed by atoms with Crippen LogP contribution in [0.3, 0.4) is 0 Å². The molecule has 1 atom stereocenters. The van der Waals surface area contributed by atoms with Crippen molar-refractivity contribution in [2.24, 2.45) is 0 Å². The van der Waals surface area contributed by atoms with Gasteiger partial charge in [-0.3, -0.25) is 9.59 Å². The number of carboxylic acids is 2. The van der Waals surface area contributed by atoms with Crippen LogP contribution in [0.2, 0.25) is 0 Å². The van der Waals surface area contributed by atoms with Crippen molar-refractivity contribution in [1.82, 2.24) is 0 Å². The average Bonchev–Trinajstić information content (AvgIpc) is 2.29. The summed E-state index contributed by atoms with van der Waals surface area (Å²) in [5.74, 6) is -1.49. The highest BCUT2D eigenvalue weighted by Crippen LogP contribution is 1.75. The maximum Gasteiger partial charge on any atom is 0.303 e. The van der Waals surface area contributed by atoms with Gasteiger partial charge in [0.1, 0.15) is 0 Å². The predicted octanol–water partition coefficient (Wildman–Crippen LogP) is 0.488. The first-order valence-corrected chi connectivity index (χ1v) is 4.70. The second-order valence-corrected chi connectivity index (χ2v) is 2.48. The van der Waals surface area contributed by atoms with E-state index in [0.29, 0.717) is 0 Å². The van der Waals surface area contributed by atoms with Gasteiger partial charge in [-0.2, -0.15) is 0 Å². The molecular formula is C10H20O6. The van der Waals surface area contributed by atoms with Crippen LogP contribution < -0.4 is 0 Å². The molecule has 0 aliphatic rings. The summed E-state index contributed by atoms with van der Waals surface area (Å²) in [4.78, 5) is 18.7. The molecule has 0 saturated heterocycles. The van der Waals surface area contributed by atoms with Gasteiger partial charge in [0.25, 0.3) is 0 Å². The van der Waals surface area contributed by atoms with Crippen molar-refractivity contribution in [3.05, 3.63) is 12.7 Å². The zero-order valence-corrected chi connectivity index (χ0v) is 9.59. The Hall–Kier alpha value is -1.40. The average molecular weight is 236 g/mol. The van der Waals surface area contributed by atoms with Crippen LogP contribution in [-0.4, -0.2) is 45.1 Å². The van der Waals surface area contributed by atoms with E-state index in [9.17, 15) is 9.59 Å². The maximum atomic E-state index is 9.37. The number of hydrogen-bond donors (Lipinski definition) is 4. The zero-order chi connectivity index (χ0) is 13.6. The topological polar surface area (TPSA) is 115 Å². The summed E-state index contributed by atoms with van der Waals surface area (Å²) in [6.45, 7) is 6.19. The highest BCUT2D eigenvalue weighted by Gasteiger charge is 1.87. The third-order valence-electron chi connectivity index (χ3n) is 1.06. The Morgan fingerprint density at radius 2 is 1.44 bits per heavy atom. The Bertz CT molecular complexity index is 176. The summed E-state index contributed by atoms with van der Waals surface area (Å²) < 4.78 is 0. The fourth-order valence-electron chi connectivity index (χ4n) is 0.0745. The third-order valence-corrected chi connectivity index (χ3v) is 1.06. The van der Waals surface area contributed by atoms with E-state index in [1.54, 1.807) is 13.8 Å². The third kappa shape index (κ3) is 38.9. The predicted molar refractivity (Wildman–Crippen MR) is 59.1 cm³/mol. The molecule has 6 nitrogen and oxygen atoms in total. The van der Waals surface area contributed by atoms with E-state index >= 15 is 0 Å². The van der Waals surface area contributed by atoms with E-state index in [1.807, 2.05) is 0 Å². The van der Waals surface area contributed by atoms with Gasteiger partial charge in [-0.1, -0.05) is 19.9 Å². The standard InChI is InChI=1S/C4H8O2.2C3H6O2/c1-2-4(6)3-5;2*1-2-3(4)5/h2,4-6H,1,3H2;2*2H2,1H3,(H,4,5). The molecule has 16 heavy (non-hydrogen) atoms. The Labute approximate surface area is 94.8 Å². The SMILES string of the molecule is C=CC(O)CO.CCC(=O)O.CCC(=O)O. The lowest BCUT2D eigenvalue weighted by molar-refractivity contribution is -0.137. The number of aliphatic carboxylic acids is 2. The monoisotopic (exact) mass is 236 g/mol. The van der Waals surface area contributed by atoms with E-state index in [0.717, 1.165) is 0 Å². The lowest BCUT2D eigenvalue weighted by Gasteiger charge is -1.93. The first kappa shape index (κ1) is 20.1. The van der Waals surface area contributed by atoms with Crippen molar-refractivity contribution < 1.29 is 30.0 Å². The van der Waals surface area contributed by atoms with Crippen molar-refractivity contribution in [2.75, 3.05) is 6.61 Å². The summed E-state index contributed by atoms with van der Waals surface area (Å²) in [6.07, 6.45) is 0.977. The molecule has 0 bridgehead atoms. The zero-order valence-electron chi connectivity index (χ0n) is 9.59. The molecule has 0 aromatic heterocycles. The van der Waals surface area contributed by atoms with Gasteiger partial charge in [0.05, 0.1) is 12.7 Å². The highest BCUT2D eigenvalue weighted by atomic mass is 16.4. The van der Waals surface area contributed by atoms with Crippen molar-refractivity contribution in [2.45, 2.75) is 32.8 Å². The van der Waals surface area contributed by atoms with E-state index < -0.39 is 18.0 Å². The molecule has 1 unspecified atom stereocenters. The van der Waals surface area contributed by atoms with Crippen molar-refractivity contribution in [3.63, 3.8) is 0 Å². The van der Waals surface area contributed by atoms with E-state index in [-0.39, 0.29) is 19.4 Å². The minimum Gasteiger partial charge on any atom is -0.481 e. The molecule has 0 spiro atoms. The Morgan fingerprint density at radius 1 is 1.19 bits per heavy atom. The van der Waals surface area contributed by atoms with Crippen LogP contribution in [0, 0.1) is 0 Å². The van der Waals surface area contributed by atoms with Gasteiger partial charge in [-0.25, -0.2) is 0 Å². The van der Waals surface area contributed by atoms with E-state index in [2.05, 4.69) is 6.58 Å². The highest BCUT2D eigenvalue weighted by molar-refractivity contribution is 5.66. The molecule has 96 valence electrons. The van der Waals surface area contributed by atoms with Crippen LogP contribution in [0.1, 0.15) is 26.7 Å². The number of aliphatic hydroxyl groups excluding tert-OH is 2. The summed E-state index contributed by atoms with van der Waals surface area (Å²) in [7, 11) is 0. The van der Waals surface area contributed by atoms with Crippen LogP contribution in [0.25, 0.3) is 0 Å². The lowest BCUT2D eigenvalue weighted by atomic mass is 10.4. The number of carbonyl (C=O) groups is 2. The van der Waals surface area contributed by atoms with Gasteiger partial charge < -0.3 is 20.4 Å². The van der Waals surface area contributed by atoms with Crippen molar-refractivity contribution in [3.8, 4) is 0 Å².